The topological polar surface area (TPSA) is 82.6 Å². The molecule has 0 radical (unpaired) electrons. The molecule has 1 aliphatic rings. The minimum absolute atomic E-state index is 0.0303. The molecule has 1 aliphatic heterocycles. The summed E-state index contributed by atoms with van der Waals surface area (Å²) >= 11 is 1.62. The molecule has 0 unspecified atom stereocenters. The molecule has 3 rings (SSSR count). The van der Waals surface area contributed by atoms with Crippen molar-refractivity contribution >= 4 is 38.0 Å². The third-order valence-corrected chi connectivity index (χ3v) is 7.24. The lowest BCUT2D eigenvalue weighted by Crippen LogP contribution is -2.38. The van der Waals surface area contributed by atoms with Crippen LogP contribution in [0.3, 0.4) is 0 Å². The Morgan fingerprint density at radius 3 is 2.78 bits per heavy atom. The normalized spacial score (nSPS) is 15.5. The molecule has 2 amide bonds. The standard InChI is InChI=1S/C18H24N4O3S2/c1-3-27(24,25)16-7-4-6-15(12-16)20-17(23)21-8-5-9-22(11-10-21)18-19-14(2)13-26-18/h4,6-7,12-13H,3,5,8-11H2,1-2H3,(H,20,23). The Bertz CT molecular complexity index is 911. The Kier molecular flexibility index (Phi) is 6.01. The summed E-state index contributed by atoms with van der Waals surface area (Å²) in [5.41, 5.74) is 1.50. The van der Waals surface area contributed by atoms with Crippen LogP contribution in [-0.4, -0.2) is 56.3 Å². The molecule has 0 aliphatic carbocycles. The van der Waals surface area contributed by atoms with Crippen LogP contribution in [-0.2, 0) is 9.84 Å². The molecule has 2 aromatic rings. The number of nitrogens with zero attached hydrogens (tertiary/aromatic N) is 3. The molecule has 0 saturated carbocycles. The van der Waals surface area contributed by atoms with Crippen LogP contribution in [0.1, 0.15) is 19.0 Å². The van der Waals surface area contributed by atoms with E-state index in [-0.39, 0.29) is 16.7 Å². The number of carbonyl (C=O) groups excluding carboxylic acids is 1. The number of rotatable bonds is 4. The highest BCUT2D eigenvalue weighted by molar-refractivity contribution is 7.91. The second kappa shape index (κ2) is 8.26. The number of sulfone groups is 1. The lowest BCUT2D eigenvalue weighted by atomic mass is 10.3. The molecule has 0 spiro atoms. The third-order valence-electron chi connectivity index (χ3n) is 4.48. The molecule has 1 saturated heterocycles. The van der Waals surface area contributed by atoms with Gasteiger partial charge in [-0.25, -0.2) is 18.2 Å². The van der Waals surface area contributed by atoms with Crippen molar-refractivity contribution in [2.24, 2.45) is 0 Å². The molecule has 9 heteroatoms. The summed E-state index contributed by atoms with van der Waals surface area (Å²) in [5, 5.41) is 5.85. The van der Waals surface area contributed by atoms with Crippen LogP contribution in [0.25, 0.3) is 0 Å². The maximum atomic E-state index is 12.6. The fourth-order valence-corrected chi connectivity index (χ4v) is 4.72. The van der Waals surface area contributed by atoms with Crippen molar-refractivity contribution in [2.45, 2.75) is 25.2 Å². The number of urea groups is 1. The van der Waals surface area contributed by atoms with Gasteiger partial charge in [-0.15, -0.1) is 11.3 Å². The maximum absolute atomic E-state index is 12.6. The highest BCUT2D eigenvalue weighted by Gasteiger charge is 2.21. The van der Waals surface area contributed by atoms with Crippen molar-refractivity contribution in [1.29, 1.82) is 0 Å². The smallest absolute Gasteiger partial charge is 0.321 e. The van der Waals surface area contributed by atoms with Crippen LogP contribution in [0.4, 0.5) is 15.6 Å². The molecule has 0 bridgehead atoms. The van der Waals surface area contributed by atoms with Crippen LogP contribution >= 0.6 is 11.3 Å². The Morgan fingerprint density at radius 1 is 1.26 bits per heavy atom. The number of thiazole rings is 1. The Morgan fingerprint density at radius 2 is 2.07 bits per heavy atom. The monoisotopic (exact) mass is 408 g/mol. The fourth-order valence-electron chi connectivity index (χ4n) is 2.94. The first-order chi connectivity index (χ1) is 12.9. The number of carbonyl (C=O) groups is 1. The number of benzene rings is 1. The van der Waals surface area contributed by atoms with Gasteiger partial charge in [0.25, 0.3) is 0 Å². The molecule has 1 aromatic heterocycles. The number of anilines is 2. The van der Waals surface area contributed by atoms with Gasteiger partial charge in [-0.2, -0.15) is 0 Å². The SMILES string of the molecule is CCS(=O)(=O)c1cccc(NC(=O)N2CCCN(c3nc(C)cs3)CC2)c1. The molecule has 1 aromatic carbocycles. The van der Waals surface area contributed by atoms with Gasteiger partial charge in [-0.3, -0.25) is 0 Å². The number of aromatic nitrogens is 1. The van der Waals surface area contributed by atoms with Crippen LogP contribution in [0, 0.1) is 6.92 Å². The minimum atomic E-state index is -3.30. The molecular weight excluding hydrogens is 384 g/mol. The molecule has 27 heavy (non-hydrogen) atoms. The van der Waals surface area contributed by atoms with Crippen molar-refractivity contribution in [3.05, 3.63) is 35.3 Å². The number of aryl methyl sites for hydroxylation is 1. The van der Waals surface area contributed by atoms with E-state index in [1.54, 1.807) is 41.4 Å². The van der Waals surface area contributed by atoms with Crippen LogP contribution in [0.5, 0.6) is 0 Å². The molecule has 1 fully saturated rings. The van der Waals surface area contributed by atoms with Gasteiger partial charge in [-0.1, -0.05) is 13.0 Å². The molecule has 7 nitrogen and oxygen atoms in total. The van der Waals surface area contributed by atoms with Crippen molar-refractivity contribution in [3.63, 3.8) is 0 Å². The average Bonchev–Trinajstić information content (AvgIpc) is 2.93. The van der Waals surface area contributed by atoms with E-state index in [0.29, 0.717) is 18.8 Å². The summed E-state index contributed by atoms with van der Waals surface area (Å²) in [5.74, 6) is 0.0303. The summed E-state index contributed by atoms with van der Waals surface area (Å²) < 4.78 is 24.1. The van der Waals surface area contributed by atoms with Crippen LogP contribution < -0.4 is 10.2 Å². The summed E-state index contributed by atoms with van der Waals surface area (Å²) in [6.07, 6.45) is 0.857. The van der Waals surface area contributed by atoms with Gasteiger partial charge in [0.05, 0.1) is 16.3 Å². The Labute approximate surface area is 163 Å². The quantitative estimate of drug-likeness (QED) is 0.841. The summed E-state index contributed by atoms with van der Waals surface area (Å²) in [6, 6.07) is 6.20. The molecule has 0 atom stereocenters. The van der Waals surface area contributed by atoms with E-state index in [4.69, 9.17) is 0 Å². The predicted molar refractivity (Wildman–Crippen MR) is 108 cm³/mol. The van der Waals surface area contributed by atoms with E-state index in [1.807, 2.05) is 12.3 Å². The average molecular weight is 409 g/mol. The van der Waals surface area contributed by atoms with Gasteiger partial charge >= 0.3 is 6.03 Å². The zero-order valence-corrected chi connectivity index (χ0v) is 17.1. The van der Waals surface area contributed by atoms with E-state index < -0.39 is 9.84 Å². The van der Waals surface area contributed by atoms with E-state index in [0.717, 1.165) is 30.3 Å². The van der Waals surface area contributed by atoms with E-state index in [9.17, 15) is 13.2 Å². The molecule has 1 N–H and O–H groups in total. The second-order valence-electron chi connectivity index (χ2n) is 6.46. The summed E-state index contributed by atoms with van der Waals surface area (Å²) in [7, 11) is -3.30. The number of amides is 2. The summed E-state index contributed by atoms with van der Waals surface area (Å²) in [4.78, 5) is 21.4. The number of hydrogen-bond donors (Lipinski definition) is 1. The van der Waals surface area contributed by atoms with Crippen molar-refractivity contribution in [3.8, 4) is 0 Å². The van der Waals surface area contributed by atoms with Gasteiger partial charge in [0.2, 0.25) is 0 Å². The highest BCUT2D eigenvalue weighted by atomic mass is 32.2. The van der Waals surface area contributed by atoms with Crippen LogP contribution in [0.15, 0.2) is 34.5 Å². The minimum Gasteiger partial charge on any atom is -0.346 e. The molecule has 146 valence electrons. The van der Waals surface area contributed by atoms with Gasteiger partial charge in [0, 0.05) is 37.2 Å². The Balaban J connectivity index is 1.64. The second-order valence-corrected chi connectivity index (χ2v) is 9.58. The van der Waals surface area contributed by atoms with Crippen LogP contribution in [0.2, 0.25) is 0 Å². The first-order valence-electron chi connectivity index (χ1n) is 8.95. The van der Waals surface area contributed by atoms with Gasteiger partial charge in [-0.05, 0) is 31.5 Å². The van der Waals surface area contributed by atoms with E-state index in [1.165, 1.54) is 6.07 Å². The fraction of sp³-hybridized carbons (Fsp3) is 0.444. The largest absolute Gasteiger partial charge is 0.346 e. The highest BCUT2D eigenvalue weighted by Crippen LogP contribution is 2.22. The third kappa shape index (κ3) is 4.78. The Hall–Kier alpha value is -2.13. The van der Waals surface area contributed by atoms with Gasteiger partial charge < -0.3 is 15.1 Å². The first kappa shape index (κ1) is 19.6. The maximum Gasteiger partial charge on any atom is 0.321 e. The number of hydrogen-bond acceptors (Lipinski definition) is 6. The van der Waals surface area contributed by atoms with Crippen molar-refractivity contribution in [2.75, 3.05) is 42.1 Å². The van der Waals surface area contributed by atoms with Crippen molar-refractivity contribution < 1.29 is 13.2 Å². The van der Waals surface area contributed by atoms with Crippen molar-refractivity contribution in [1.82, 2.24) is 9.88 Å². The lowest BCUT2D eigenvalue weighted by molar-refractivity contribution is 0.215. The van der Waals surface area contributed by atoms with Gasteiger partial charge in [0.1, 0.15) is 0 Å². The zero-order chi connectivity index (χ0) is 19.4. The molecular formula is C18H24N4O3S2. The number of nitrogens with one attached hydrogen (secondary N) is 1. The van der Waals surface area contributed by atoms with Gasteiger partial charge in [0.15, 0.2) is 15.0 Å². The molecule has 2 heterocycles. The first-order valence-corrected chi connectivity index (χ1v) is 11.5. The van der Waals surface area contributed by atoms with E-state index >= 15 is 0 Å². The zero-order valence-electron chi connectivity index (χ0n) is 15.5. The summed E-state index contributed by atoms with van der Waals surface area (Å²) in [6.45, 7) is 6.42. The lowest BCUT2D eigenvalue weighted by Gasteiger charge is -2.22. The van der Waals surface area contributed by atoms with E-state index in [2.05, 4.69) is 15.2 Å². The predicted octanol–water partition coefficient (Wildman–Crippen LogP) is 2.99.